The van der Waals surface area contributed by atoms with Gasteiger partial charge >= 0.3 is 6.09 Å². The van der Waals surface area contributed by atoms with E-state index in [9.17, 15) is 4.79 Å². The van der Waals surface area contributed by atoms with Crippen LogP contribution in [-0.2, 0) is 4.74 Å². The van der Waals surface area contributed by atoms with Crippen molar-refractivity contribution in [2.45, 2.75) is 45.8 Å². The minimum atomic E-state index is -0.523. The van der Waals surface area contributed by atoms with Gasteiger partial charge in [-0.25, -0.2) is 4.79 Å². The molecule has 0 aliphatic carbocycles. The van der Waals surface area contributed by atoms with Crippen LogP contribution in [-0.4, -0.2) is 30.9 Å². The summed E-state index contributed by atoms with van der Waals surface area (Å²) in [4.78, 5) is 14.2. The summed E-state index contributed by atoms with van der Waals surface area (Å²) in [5, 5.41) is 3.43. The zero-order chi connectivity index (χ0) is 15.8. The van der Waals surface area contributed by atoms with Crippen molar-refractivity contribution in [2.24, 2.45) is 0 Å². The highest BCUT2D eigenvalue weighted by molar-refractivity contribution is 5.95. The van der Waals surface area contributed by atoms with E-state index in [2.05, 4.69) is 5.32 Å². The summed E-state index contributed by atoms with van der Waals surface area (Å²) < 4.78 is 10.9. The monoisotopic (exact) mass is 292 g/mol. The third kappa shape index (κ3) is 3.40. The third-order valence-electron chi connectivity index (χ3n) is 3.15. The number of nitrogens with one attached hydrogen (secondary N) is 1. The number of fused-ring (bicyclic) bond motifs is 1. The smallest absolute Gasteiger partial charge is 0.414 e. The van der Waals surface area contributed by atoms with E-state index in [1.54, 1.807) is 12.0 Å². The number of amides is 1. The number of hydrogen-bond donors (Lipinski definition) is 1. The molecule has 1 N–H and O–H groups in total. The highest BCUT2D eigenvalue weighted by Crippen LogP contribution is 2.41. The maximum Gasteiger partial charge on any atom is 0.414 e. The van der Waals surface area contributed by atoms with E-state index >= 15 is 0 Å². The van der Waals surface area contributed by atoms with Gasteiger partial charge in [-0.2, -0.15) is 0 Å². The van der Waals surface area contributed by atoms with Crippen molar-refractivity contribution in [3.05, 3.63) is 18.2 Å². The number of para-hydroxylation sites is 1. The van der Waals surface area contributed by atoms with Crippen molar-refractivity contribution >= 4 is 17.5 Å². The molecular weight excluding hydrogens is 268 g/mol. The Morgan fingerprint density at radius 3 is 2.57 bits per heavy atom. The van der Waals surface area contributed by atoms with E-state index in [1.165, 1.54) is 0 Å². The first-order chi connectivity index (χ1) is 9.63. The molecule has 116 valence electrons. The largest absolute Gasteiger partial charge is 0.495 e. The fourth-order valence-electron chi connectivity index (χ4n) is 2.38. The summed E-state index contributed by atoms with van der Waals surface area (Å²) in [5.74, 6) is 0.717. The van der Waals surface area contributed by atoms with Crippen molar-refractivity contribution in [1.29, 1.82) is 0 Å². The van der Waals surface area contributed by atoms with Gasteiger partial charge in [0, 0.05) is 0 Å². The molecule has 1 amide bonds. The lowest BCUT2D eigenvalue weighted by Gasteiger charge is -2.41. The Morgan fingerprint density at radius 2 is 2.00 bits per heavy atom. The normalized spacial score (nSPS) is 16.8. The number of anilines is 2. The van der Waals surface area contributed by atoms with Crippen LogP contribution in [0.15, 0.2) is 18.2 Å². The average molecular weight is 292 g/mol. The Hall–Kier alpha value is -1.91. The molecule has 0 atom stereocenters. The minimum absolute atomic E-state index is 0.265. The van der Waals surface area contributed by atoms with Gasteiger partial charge < -0.3 is 14.8 Å². The lowest BCUT2D eigenvalue weighted by Crippen LogP contribution is -2.52. The van der Waals surface area contributed by atoms with E-state index in [1.807, 2.05) is 52.8 Å². The summed E-state index contributed by atoms with van der Waals surface area (Å²) in [6.45, 7) is 10.2. The van der Waals surface area contributed by atoms with Crippen LogP contribution in [0.2, 0.25) is 0 Å². The van der Waals surface area contributed by atoms with Crippen molar-refractivity contribution in [3.63, 3.8) is 0 Å². The average Bonchev–Trinajstić information content (AvgIpc) is 2.34. The second-order valence-corrected chi connectivity index (χ2v) is 6.93. The molecule has 0 bridgehead atoms. The number of nitrogens with zero attached hydrogens (tertiary/aromatic N) is 1. The molecule has 0 saturated carbocycles. The summed E-state index contributed by atoms with van der Waals surface area (Å²) in [7, 11) is 1.62. The van der Waals surface area contributed by atoms with Crippen LogP contribution in [0.25, 0.3) is 0 Å². The molecule has 2 rings (SSSR count). The Balaban J connectivity index is 2.42. The molecule has 0 aromatic heterocycles. The molecule has 5 nitrogen and oxygen atoms in total. The van der Waals surface area contributed by atoms with Crippen LogP contribution in [0.4, 0.5) is 16.2 Å². The molecular formula is C16H24N2O3. The molecule has 0 unspecified atom stereocenters. The lowest BCUT2D eigenvalue weighted by atomic mass is 9.99. The van der Waals surface area contributed by atoms with E-state index in [-0.39, 0.29) is 11.6 Å². The Kier molecular flexibility index (Phi) is 3.78. The Morgan fingerprint density at radius 1 is 1.33 bits per heavy atom. The molecule has 1 aromatic rings. The predicted molar refractivity (Wildman–Crippen MR) is 84.3 cm³/mol. The van der Waals surface area contributed by atoms with E-state index in [0.717, 1.165) is 11.4 Å². The van der Waals surface area contributed by atoms with Crippen molar-refractivity contribution < 1.29 is 14.3 Å². The van der Waals surface area contributed by atoms with Gasteiger partial charge in [0.2, 0.25) is 0 Å². The standard InChI is InChI=1S/C16H24N2O3/c1-15(2,3)21-14(19)18-10-16(4,5)17-13-11(18)8-7-9-12(13)20-6/h7-9,17H,10H2,1-6H3. The predicted octanol–water partition coefficient (Wildman–Crippen LogP) is 3.64. The van der Waals surface area contributed by atoms with Crippen LogP contribution in [0.3, 0.4) is 0 Å². The maximum absolute atomic E-state index is 12.5. The van der Waals surface area contributed by atoms with E-state index < -0.39 is 5.60 Å². The zero-order valence-electron chi connectivity index (χ0n) is 13.6. The Bertz CT molecular complexity index is 547. The first-order valence-corrected chi connectivity index (χ1v) is 7.09. The van der Waals surface area contributed by atoms with Crippen molar-refractivity contribution in [3.8, 4) is 5.75 Å². The molecule has 21 heavy (non-hydrogen) atoms. The van der Waals surface area contributed by atoms with Gasteiger partial charge in [-0.05, 0) is 46.8 Å². The quantitative estimate of drug-likeness (QED) is 0.858. The molecule has 0 fully saturated rings. The molecule has 0 radical (unpaired) electrons. The zero-order valence-corrected chi connectivity index (χ0v) is 13.6. The summed E-state index contributed by atoms with van der Waals surface area (Å²) in [6.07, 6.45) is -0.341. The summed E-state index contributed by atoms with van der Waals surface area (Å²) >= 11 is 0. The molecule has 0 saturated heterocycles. The maximum atomic E-state index is 12.5. The first kappa shape index (κ1) is 15.5. The van der Waals surface area contributed by atoms with Crippen LogP contribution >= 0.6 is 0 Å². The highest BCUT2D eigenvalue weighted by atomic mass is 16.6. The number of carbonyl (C=O) groups excluding carboxylic acids is 1. The number of methoxy groups -OCH3 is 1. The van der Waals surface area contributed by atoms with Gasteiger partial charge in [-0.3, -0.25) is 4.90 Å². The Labute approximate surface area is 126 Å². The lowest BCUT2D eigenvalue weighted by molar-refractivity contribution is 0.0573. The number of carbonyl (C=O) groups is 1. The molecule has 1 heterocycles. The summed E-state index contributed by atoms with van der Waals surface area (Å²) in [5.41, 5.74) is 0.814. The van der Waals surface area contributed by atoms with Crippen LogP contribution < -0.4 is 15.0 Å². The van der Waals surface area contributed by atoms with Crippen LogP contribution in [0, 0.1) is 0 Å². The third-order valence-corrected chi connectivity index (χ3v) is 3.15. The summed E-state index contributed by atoms with van der Waals surface area (Å²) in [6, 6.07) is 5.64. The molecule has 5 heteroatoms. The van der Waals surface area contributed by atoms with Gasteiger partial charge in [0.15, 0.2) is 0 Å². The number of benzene rings is 1. The van der Waals surface area contributed by atoms with Gasteiger partial charge in [-0.15, -0.1) is 0 Å². The second kappa shape index (κ2) is 5.13. The molecule has 1 aliphatic heterocycles. The van der Waals surface area contributed by atoms with Crippen molar-refractivity contribution in [2.75, 3.05) is 23.9 Å². The van der Waals surface area contributed by atoms with Crippen LogP contribution in [0.1, 0.15) is 34.6 Å². The topological polar surface area (TPSA) is 50.8 Å². The fraction of sp³-hybridized carbons (Fsp3) is 0.562. The molecule has 1 aliphatic rings. The number of hydrogen-bond acceptors (Lipinski definition) is 4. The van der Waals surface area contributed by atoms with E-state index in [0.29, 0.717) is 12.3 Å². The number of ether oxygens (including phenoxy) is 2. The number of rotatable bonds is 1. The fourth-order valence-corrected chi connectivity index (χ4v) is 2.38. The van der Waals surface area contributed by atoms with Gasteiger partial charge in [-0.1, -0.05) is 6.07 Å². The second-order valence-electron chi connectivity index (χ2n) is 6.93. The van der Waals surface area contributed by atoms with Gasteiger partial charge in [0.1, 0.15) is 17.0 Å². The molecule has 1 aromatic carbocycles. The first-order valence-electron chi connectivity index (χ1n) is 7.09. The van der Waals surface area contributed by atoms with Crippen LogP contribution in [0.5, 0.6) is 5.75 Å². The van der Waals surface area contributed by atoms with E-state index in [4.69, 9.17) is 9.47 Å². The van der Waals surface area contributed by atoms with Gasteiger partial charge in [0.05, 0.1) is 24.9 Å². The van der Waals surface area contributed by atoms with Gasteiger partial charge in [0.25, 0.3) is 0 Å². The van der Waals surface area contributed by atoms with Crippen molar-refractivity contribution in [1.82, 2.24) is 0 Å². The SMILES string of the molecule is COc1cccc2c1NC(C)(C)CN2C(=O)OC(C)(C)C. The minimum Gasteiger partial charge on any atom is -0.495 e. The highest BCUT2D eigenvalue weighted by Gasteiger charge is 2.36. The molecule has 0 spiro atoms.